The maximum Gasteiger partial charge on any atom is 0.252 e. The third-order valence-corrected chi connectivity index (χ3v) is 8.74. The molecule has 0 spiro atoms. The fraction of sp³-hybridized carbons (Fsp3) is 0.368. The van der Waals surface area contributed by atoms with Gasteiger partial charge in [0.1, 0.15) is 10.0 Å². The lowest BCUT2D eigenvalue weighted by molar-refractivity contribution is 0.321. The molecular formula is C19H21FN2O2S2. The van der Waals surface area contributed by atoms with Crippen molar-refractivity contribution < 1.29 is 12.8 Å². The number of aromatic amines is 1. The van der Waals surface area contributed by atoms with Crippen LogP contribution in [-0.4, -0.2) is 30.8 Å². The van der Waals surface area contributed by atoms with E-state index in [9.17, 15) is 12.8 Å². The number of fused-ring (bicyclic) bond motifs is 1. The number of rotatable bonds is 4. The second-order valence-corrected chi connectivity index (χ2v) is 10.0. The van der Waals surface area contributed by atoms with Crippen LogP contribution in [0.25, 0.3) is 10.9 Å². The number of benzene rings is 1. The summed E-state index contributed by atoms with van der Waals surface area (Å²) < 4.78 is 41.1. The van der Waals surface area contributed by atoms with Gasteiger partial charge in [0.25, 0.3) is 10.0 Å². The molecule has 2 aromatic heterocycles. The minimum atomic E-state index is -3.40. The van der Waals surface area contributed by atoms with E-state index in [0.717, 1.165) is 40.6 Å². The van der Waals surface area contributed by atoms with Gasteiger partial charge in [-0.2, -0.15) is 4.31 Å². The SMILES string of the molecule is CCc1ccc(S(=O)(=O)N2CCC(c3c[nH]c4cc(F)ccc34)CC2)s1. The second-order valence-electron chi connectivity index (χ2n) is 6.69. The maximum absolute atomic E-state index is 13.4. The lowest BCUT2D eigenvalue weighted by atomic mass is 9.90. The quantitative estimate of drug-likeness (QED) is 0.711. The smallest absolute Gasteiger partial charge is 0.252 e. The van der Waals surface area contributed by atoms with E-state index < -0.39 is 10.0 Å². The monoisotopic (exact) mass is 392 g/mol. The van der Waals surface area contributed by atoms with Crippen molar-refractivity contribution in [2.75, 3.05) is 13.1 Å². The molecule has 0 aliphatic carbocycles. The Bertz CT molecular complexity index is 1030. The van der Waals surface area contributed by atoms with E-state index in [1.54, 1.807) is 16.4 Å². The Labute approximate surface area is 156 Å². The highest BCUT2D eigenvalue weighted by atomic mass is 32.2. The number of halogens is 1. The van der Waals surface area contributed by atoms with E-state index in [2.05, 4.69) is 4.98 Å². The lowest BCUT2D eigenvalue weighted by Gasteiger charge is -2.30. The van der Waals surface area contributed by atoms with Gasteiger partial charge in [-0.15, -0.1) is 11.3 Å². The van der Waals surface area contributed by atoms with E-state index in [1.807, 2.05) is 19.2 Å². The third-order valence-electron chi connectivity index (χ3n) is 5.15. The summed E-state index contributed by atoms with van der Waals surface area (Å²) >= 11 is 1.37. The summed E-state index contributed by atoms with van der Waals surface area (Å²) in [6.07, 6.45) is 4.33. The minimum absolute atomic E-state index is 0.255. The minimum Gasteiger partial charge on any atom is -0.361 e. The average Bonchev–Trinajstić information content (AvgIpc) is 3.28. The van der Waals surface area contributed by atoms with Gasteiger partial charge in [0.05, 0.1) is 0 Å². The van der Waals surface area contributed by atoms with Crippen LogP contribution in [0.3, 0.4) is 0 Å². The molecule has 0 saturated carbocycles. The van der Waals surface area contributed by atoms with Gasteiger partial charge in [0.15, 0.2) is 0 Å². The molecular weight excluding hydrogens is 371 g/mol. The molecule has 0 amide bonds. The zero-order valence-corrected chi connectivity index (χ0v) is 16.2. The van der Waals surface area contributed by atoms with Crippen LogP contribution in [-0.2, 0) is 16.4 Å². The fourth-order valence-electron chi connectivity index (χ4n) is 3.68. The number of hydrogen-bond donors (Lipinski definition) is 1. The lowest BCUT2D eigenvalue weighted by Crippen LogP contribution is -2.37. The first kappa shape index (κ1) is 17.7. The van der Waals surface area contributed by atoms with Gasteiger partial charge in [-0.05, 0) is 61.1 Å². The van der Waals surface area contributed by atoms with Crippen molar-refractivity contribution in [1.29, 1.82) is 0 Å². The molecule has 1 aromatic carbocycles. The molecule has 1 saturated heterocycles. The first-order valence-electron chi connectivity index (χ1n) is 8.84. The van der Waals surface area contributed by atoms with E-state index in [-0.39, 0.29) is 11.7 Å². The number of H-pyrrole nitrogens is 1. The molecule has 7 heteroatoms. The van der Waals surface area contributed by atoms with E-state index >= 15 is 0 Å². The molecule has 4 nitrogen and oxygen atoms in total. The second kappa shape index (κ2) is 6.79. The number of piperidine rings is 1. The first-order chi connectivity index (χ1) is 12.5. The molecule has 1 N–H and O–H groups in total. The molecule has 138 valence electrons. The molecule has 4 rings (SSSR count). The molecule has 1 aliphatic heterocycles. The van der Waals surface area contributed by atoms with Crippen LogP contribution < -0.4 is 0 Å². The van der Waals surface area contributed by atoms with Gasteiger partial charge in [-0.3, -0.25) is 0 Å². The average molecular weight is 393 g/mol. The molecule has 3 heterocycles. The number of aromatic nitrogens is 1. The van der Waals surface area contributed by atoms with Gasteiger partial charge < -0.3 is 4.98 Å². The van der Waals surface area contributed by atoms with Gasteiger partial charge >= 0.3 is 0 Å². The number of hydrogen-bond acceptors (Lipinski definition) is 3. The number of nitrogens with zero attached hydrogens (tertiary/aromatic N) is 1. The van der Waals surface area contributed by atoms with Gasteiger partial charge in [0.2, 0.25) is 0 Å². The number of aryl methyl sites for hydroxylation is 1. The van der Waals surface area contributed by atoms with Gasteiger partial charge in [0, 0.05) is 35.1 Å². The Morgan fingerprint density at radius 2 is 2.00 bits per heavy atom. The van der Waals surface area contributed by atoms with Crippen molar-refractivity contribution in [1.82, 2.24) is 9.29 Å². The molecule has 1 fully saturated rings. The van der Waals surface area contributed by atoms with E-state index in [4.69, 9.17) is 0 Å². The van der Waals surface area contributed by atoms with Crippen molar-refractivity contribution in [3.05, 3.63) is 52.8 Å². The van der Waals surface area contributed by atoms with Crippen molar-refractivity contribution in [3.63, 3.8) is 0 Å². The molecule has 0 radical (unpaired) electrons. The topological polar surface area (TPSA) is 53.2 Å². The third kappa shape index (κ3) is 3.08. The predicted molar refractivity (Wildman–Crippen MR) is 103 cm³/mol. The summed E-state index contributed by atoms with van der Waals surface area (Å²) in [5.74, 6) is 0.0319. The summed E-state index contributed by atoms with van der Waals surface area (Å²) in [4.78, 5) is 4.22. The fourth-order valence-corrected chi connectivity index (χ4v) is 6.60. The number of nitrogens with one attached hydrogen (secondary N) is 1. The van der Waals surface area contributed by atoms with Crippen molar-refractivity contribution >= 4 is 32.3 Å². The molecule has 0 atom stereocenters. The summed E-state index contributed by atoms with van der Waals surface area (Å²) in [6, 6.07) is 8.40. The molecule has 26 heavy (non-hydrogen) atoms. The predicted octanol–water partition coefficient (Wildman–Crippen LogP) is 4.50. The highest BCUT2D eigenvalue weighted by molar-refractivity contribution is 7.91. The first-order valence-corrected chi connectivity index (χ1v) is 11.1. The highest BCUT2D eigenvalue weighted by Crippen LogP contribution is 2.35. The van der Waals surface area contributed by atoms with Crippen LogP contribution in [0.2, 0.25) is 0 Å². The Balaban J connectivity index is 1.51. The van der Waals surface area contributed by atoms with Crippen LogP contribution in [0.4, 0.5) is 4.39 Å². The Morgan fingerprint density at radius 1 is 1.23 bits per heavy atom. The molecule has 0 bridgehead atoms. The number of thiophene rings is 1. The highest BCUT2D eigenvalue weighted by Gasteiger charge is 2.31. The van der Waals surface area contributed by atoms with Crippen molar-refractivity contribution in [3.8, 4) is 0 Å². The van der Waals surface area contributed by atoms with Crippen LogP contribution >= 0.6 is 11.3 Å². The van der Waals surface area contributed by atoms with Crippen LogP contribution in [0.5, 0.6) is 0 Å². The Hall–Kier alpha value is -1.70. The van der Waals surface area contributed by atoms with Gasteiger partial charge in [-0.1, -0.05) is 6.92 Å². The molecule has 0 unspecified atom stereocenters. The Morgan fingerprint density at radius 3 is 2.69 bits per heavy atom. The standard InChI is InChI=1S/C19H21FN2O2S2/c1-2-15-4-6-19(25-15)26(23,24)22-9-7-13(8-10-22)17-12-21-18-11-14(20)3-5-16(17)18/h3-6,11-13,21H,2,7-10H2,1H3. The molecule has 1 aliphatic rings. The summed E-state index contributed by atoms with van der Waals surface area (Å²) in [6.45, 7) is 3.06. The Kier molecular flexibility index (Phi) is 4.62. The van der Waals surface area contributed by atoms with Crippen LogP contribution in [0, 0.1) is 5.82 Å². The van der Waals surface area contributed by atoms with Crippen molar-refractivity contribution in [2.45, 2.75) is 36.3 Å². The largest absolute Gasteiger partial charge is 0.361 e. The van der Waals surface area contributed by atoms with Gasteiger partial charge in [-0.25, -0.2) is 12.8 Å². The summed E-state index contributed by atoms with van der Waals surface area (Å²) in [5.41, 5.74) is 1.95. The van der Waals surface area contributed by atoms with E-state index in [0.29, 0.717) is 17.3 Å². The summed E-state index contributed by atoms with van der Waals surface area (Å²) in [7, 11) is -3.40. The zero-order valence-electron chi connectivity index (χ0n) is 14.5. The van der Waals surface area contributed by atoms with Crippen LogP contribution in [0.15, 0.2) is 40.7 Å². The molecule has 3 aromatic rings. The summed E-state index contributed by atoms with van der Waals surface area (Å²) in [5, 5.41) is 1.03. The van der Waals surface area contributed by atoms with E-state index in [1.165, 1.54) is 23.5 Å². The number of sulfonamides is 1. The zero-order chi connectivity index (χ0) is 18.3. The van der Waals surface area contributed by atoms with Crippen molar-refractivity contribution in [2.24, 2.45) is 0 Å². The maximum atomic E-state index is 13.4. The van der Waals surface area contributed by atoms with Crippen LogP contribution in [0.1, 0.15) is 36.1 Å². The normalized spacial score (nSPS) is 17.2.